The van der Waals surface area contributed by atoms with Gasteiger partial charge in [0.05, 0.1) is 0 Å². The van der Waals surface area contributed by atoms with Gasteiger partial charge in [-0.2, -0.15) is 0 Å². The molecule has 0 saturated heterocycles. The molecule has 1 heterocycles. The molecule has 0 unspecified atom stereocenters. The number of rotatable bonds is 2. The number of hydrogen-bond acceptors (Lipinski definition) is 3. The summed E-state index contributed by atoms with van der Waals surface area (Å²) in [5.41, 5.74) is 3.57. The van der Waals surface area contributed by atoms with Crippen LogP contribution >= 0.6 is 0 Å². The molecule has 0 aliphatic heterocycles. The third kappa shape index (κ3) is 1.81. The van der Waals surface area contributed by atoms with Crippen LogP contribution in [0.1, 0.15) is 21.6 Å². The zero-order valence-corrected chi connectivity index (χ0v) is 8.65. The summed E-state index contributed by atoms with van der Waals surface area (Å²) >= 11 is 0. The molecule has 0 N–H and O–H groups in total. The molecular weight excluding hydrogens is 190 g/mol. The zero-order chi connectivity index (χ0) is 10.8. The number of carbonyl (C=O) groups is 1. The minimum atomic E-state index is 0.325. The maximum Gasteiger partial charge on any atom is 0.171 e. The molecule has 1 aromatic carbocycles. The van der Waals surface area contributed by atoms with E-state index in [-0.39, 0.29) is 0 Å². The summed E-state index contributed by atoms with van der Waals surface area (Å²) in [6.45, 7) is 4.01. The second kappa shape index (κ2) is 3.69. The maximum absolute atomic E-state index is 10.5. The van der Waals surface area contributed by atoms with Crippen molar-refractivity contribution in [2.75, 3.05) is 0 Å². The first-order valence-corrected chi connectivity index (χ1v) is 4.70. The van der Waals surface area contributed by atoms with E-state index < -0.39 is 0 Å². The predicted octanol–water partition coefficient (Wildman–Crippen LogP) is 2.77. The van der Waals surface area contributed by atoms with Gasteiger partial charge in [-0.05, 0) is 25.5 Å². The van der Waals surface area contributed by atoms with Crippen LogP contribution in [0.4, 0.5) is 0 Å². The van der Waals surface area contributed by atoms with Gasteiger partial charge in [0.2, 0.25) is 0 Å². The molecule has 0 aliphatic carbocycles. The summed E-state index contributed by atoms with van der Waals surface area (Å²) < 4.78 is 5.10. The minimum absolute atomic E-state index is 0.325. The van der Waals surface area contributed by atoms with Gasteiger partial charge in [0.15, 0.2) is 12.0 Å². The van der Waals surface area contributed by atoms with Crippen LogP contribution in [0.5, 0.6) is 0 Å². The van der Waals surface area contributed by atoms with Crippen molar-refractivity contribution in [3.05, 3.63) is 41.1 Å². The first kappa shape index (κ1) is 9.65. The smallest absolute Gasteiger partial charge is 0.171 e. The highest BCUT2D eigenvalue weighted by atomic mass is 16.5. The fourth-order valence-corrected chi connectivity index (χ4v) is 1.47. The quantitative estimate of drug-likeness (QED) is 0.701. The molecule has 1 aromatic heterocycles. The lowest BCUT2D eigenvalue weighted by Crippen LogP contribution is -1.82. The second-order valence-electron chi connectivity index (χ2n) is 3.55. The number of benzene rings is 1. The lowest BCUT2D eigenvalue weighted by molar-refractivity contribution is 0.111. The Balaban J connectivity index is 2.52. The van der Waals surface area contributed by atoms with Gasteiger partial charge in [-0.15, -0.1) is 0 Å². The average molecular weight is 201 g/mol. The van der Waals surface area contributed by atoms with Gasteiger partial charge in [-0.3, -0.25) is 4.79 Å². The Hall–Kier alpha value is -1.90. The molecule has 2 aromatic rings. The number of aryl methyl sites for hydroxylation is 2. The molecule has 0 saturated carbocycles. The predicted molar refractivity (Wildman–Crippen MR) is 56.8 cm³/mol. The summed E-state index contributed by atoms with van der Waals surface area (Å²) in [6, 6.07) is 7.73. The van der Waals surface area contributed by atoms with E-state index >= 15 is 0 Å². The van der Waals surface area contributed by atoms with Crippen molar-refractivity contribution in [2.45, 2.75) is 13.8 Å². The molecule has 0 fully saturated rings. The number of hydrogen-bond donors (Lipinski definition) is 0. The van der Waals surface area contributed by atoms with Gasteiger partial charge in [-0.25, -0.2) is 0 Å². The molecule has 0 atom stereocenters. The lowest BCUT2D eigenvalue weighted by Gasteiger charge is -2.02. The highest BCUT2D eigenvalue weighted by Crippen LogP contribution is 2.24. The lowest BCUT2D eigenvalue weighted by atomic mass is 10.0. The molecule has 3 nitrogen and oxygen atoms in total. The Kier molecular flexibility index (Phi) is 2.37. The summed E-state index contributed by atoms with van der Waals surface area (Å²) in [5.74, 6) is 0.637. The van der Waals surface area contributed by atoms with Crippen molar-refractivity contribution >= 4 is 6.29 Å². The number of nitrogens with zero attached hydrogens (tertiary/aromatic N) is 1. The number of aldehydes is 1. The maximum atomic E-state index is 10.5. The van der Waals surface area contributed by atoms with Crippen molar-refractivity contribution < 1.29 is 9.32 Å². The average Bonchev–Trinajstić information content (AvgIpc) is 2.70. The summed E-state index contributed by atoms with van der Waals surface area (Å²) in [4.78, 5) is 10.5. The molecule has 0 amide bonds. The summed E-state index contributed by atoms with van der Waals surface area (Å²) in [7, 11) is 0. The van der Waals surface area contributed by atoms with Crippen molar-refractivity contribution in [1.29, 1.82) is 0 Å². The van der Waals surface area contributed by atoms with Crippen LogP contribution < -0.4 is 0 Å². The monoisotopic (exact) mass is 201 g/mol. The second-order valence-corrected chi connectivity index (χ2v) is 3.55. The van der Waals surface area contributed by atoms with E-state index in [0.717, 1.165) is 16.7 Å². The molecule has 0 aliphatic rings. The van der Waals surface area contributed by atoms with E-state index in [0.29, 0.717) is 17.7 Å². The highest BCUT2D eigenvalue weighted by Gasteiger charge is 2.08. The fourth-order valence-electron chi connectivity index (χ4n) is 1.47. The van der Waals surface area contributed by atoms with Crippen LogP contribution in [0.2, 0.25) is 0 Å². The Morgan fingerprint density at radius 1 is 1.27 bits per heavy atom. The number of carbonyl (C=O) groups excluding carboxylic acids is 1. The van der Waals surface area contributed by atoms with Crippen molar-refractivity contribution in [3.63, 3.8) is 0 Å². The molecule has 76 valence electrons. The van der Waals surface area contributed by atoms with Gasteiger partial charge in [0, 0.05) is 11.6 Å². The van der Waals surface area contributed by atoms with Gasteiger partial charge >= 0.3 is 0 Å². The van der Waals surface area contributed by atoms with E-state index in [2.05, 4.69) is 5.16 Å². The van der Waals surface area contributed by atoms with Crippen molar-refractivity contribution in [3.8, 4) is 11.3 Å². The SMILES string of the molecule is Cc1ccc(C)c(-c2cc(C=O)no2)c1. The third-order valence-electron chi connectivity index (χ3n) is 2.31. The third-order valence-corrected chi connectivity index (χ3v) is 2.31. The van der Waals surface area contributed by atoms with E-state index in [9.17, 15) is 4.79 Å². The molecule has 2 rings (SSSR count). The topological polar surface area (TPSA) is 43.1 Å². The normalized spacial score (nSPS) is 10.3. The van der Waals surface area contributed by atoms with E-state index in [1.807, 2.05) is 32.0 Å². The molecule has 15 heavy (non-hydrogen) atoms. The molecule has 3 heteroatoms. The Labute approximate surface area is 87.7 Å². The standard InChI is InChI=1S/C12H11NO2/c1-8-3-4-9(2)11(5-8)12-6-10(7-14)13-15-12/h3-7H,1-2H3. The van der Waals surface area contributed by atoms with E-state index in [4.69, 9.17) is 4.52 Å². The van der Waals surface area contributed by atoms with Crippen LogP contribution in [0.25, 0.3) is 11.3 Å². The van der Waals surface area contributed by atoms with Gasteiger partial charge < -0.3 is 4.52 Å². The Morgan fingerprint density at radius 3 is 2.73 bits per heavy atom. The van der Waals surface area contributed by atoms with Crippen LogP contribution in [0, 0.1) is 13.8 Å². The molecule has 0 spiro atoms. The first-order valence-electron chi connectivity index (χ1n) is 4.70. The summed E-state index contributed by atoms with van der Waals surface area (Å²) in [5, 5.41) is 3.64. The first-order chi connectivity index (χ1) is 7.20. The van der Waals surface area contributed by atoms with Crippen molar-refractivity contribution in [1.82, 2.24) is 5.16 Å². The zero-order valence-electron chi connectivity index (χ0n) is 8.65. The van der Waals surface area contributed by atoms with Crippen molar-refractivity contribution in [2.24, 2.45) is 0 Å². The van der Waals surface area contributed by atoms with Crippen LogP contribution in [-0.2, 0) is 0 Å². The highest BCUT2D eigenvalue weighted by molar-refractivity contribution is 5.75. The summed E-state index contributed by atoms with van der Waals surface area (Å²) in [6.07, 6.45) is 0.679. The van der Waals surface area contributed by atoms with Gasteiger partial charge in [0.1, 0.15) is 5.69 Å². The Bertz CT molecular complexity index is 500. The largest absolute Gasteiger partial charge is 0.356 e. The number of aromatic nitrogens is 1. The molecule has 0 bridgehead atoms. The fraction of sp³-hybridized carbons (Fsp3) is 0.167. The van der Waals surface area contributed by atoms with E-state index in [1.54, 1.807) is 6.07 Å². The van der Waals surface area contributed by atoms with Crippen LogP contribution in [-0.4, -0.2) is 11.4 Å². The van der Waals surface area contributed by atoms with Crippen LogP contribution in [0.3, 0.4) is 0 Å². The minimum Gasteiger partial charge on any atom is -0.356 e. The molecular formula is C12H11NO2. The van der Waals surface area contributed by atoms with Crippen LogP contribution in [0.15, 0.2) is 28.8 Å². The van der Waals surface area contributed by atoms with E-state index in [1.165, 1.54) is 0 Å². The molecule has 0 radical (unpaired) electrons. The van der Waals surface area contributed by atoms with Gasteiger partial charge in [0.25, 0.3) is 0 Å². The van der Waals surface area contributed by atoms with Gasteiger partial charge in [-0.1, -0.05) is 22.9 Å². The Morgan fingerprint density at radius 2 is 2.07 bits per heavy atom.